The van der Waals surface area contributed by atoms with E-state index >= 15 is 0 Å². The van der Waals surface area contributed by atoms with Gasteiger partial charge in [0.25, 0.3) is 0 Å². The Morgan fingerprint density at radius 2 is 1.90 bits per heavy atom. The Balaban J connectivity index is 1.64. The van der Waals surface area contributed by atoms with Crippen LogP contribution in [0.5, 0.6) is 0 Å². The fourth-order valence-electron chi connectivity index (χ4n) is 4.26. The first-order valence-corrected chi connectivity index (χ1v) is 8.74. The first-order valence-electron chi connectivity index (χ1n) is 8.74. The Kier molecular flexibility index (Phi) is 5.00. The van der Waals surface area contributed by atoms with Gasteiger partial charge in [-0.3, -0.25) is 0 Å². The normalized spacial score (nSPS) is 35.5. The summed E-state index contributed by atoms with van der Waals surface area (Å²) in [6.07, 6.45) is 9.69. The molecule has 0 aromatic carbocycles. The molecule has 3 aliphatic rings. The van der Waals surface area contributed by atoms with Crippen LogP contribution in [0.2, 0.25) is 0 Å². The first-order chi connectivity index (χ1) is 9.84. The Hall–Kier alpha value is -0.120. The minimum absolute atomic E-state index is 0.415. The van der Waals surface area contributed by atoms with Gasteiger partial charge in [-0.05, 0) is 63.3 Å². The van der Waals surface area contributed by atoms with Crippen LogP contribution in [0.3, 0.4) is 0 Å². The second-order valence-corrected chi connectivity index (χ2v) is 7.18. The van der Waals surface area contributed by atoms with Crippen LogP contribution in [-0.2, 0) is 9.47 Å². The van der Waals surface area contributed by atoms with Crippen LogP contribution in [0, 0.1) is 17.3 Å². The molecule has 1 aliphatic carbocycles. The SMILES string of the molecule is CCCNCC1(CC2CCOCC2)CCOC1C1CC1. The Bertz CT molecular complexity index is 299. The van der Waals surface area contributed by atoms with Crippen molar-refractivity contribution >= 4 is 0 Å². The van der Waals surface area contributed by atoms with Crippen LogP contribution < -0.4 is 5.32 Å². The van der Waals surface area contributed by atoms with E-state index in [0.29, 0.717) is 11.5 Å². The Morgan fingerprint density at radius 3 is 2.60 bits per heavy atom. The minimum atomic E-state index is 0.415. The molecule has 116 valence electrons. The first kappa shape index (κ1) is 14.8. The zero-order chi connectivity index (χ0) is 13.8. The summed E-state index contributed by atoms with van der Waals surface area (Å²) in [5, 5.41) is 3.71. The van der Waals surface area contributed by atoms with Crippen LogP contribution in [0.1, 0.15) is 51.9 Å². The fraction of sp³-hybridized carbons (Fsp3) is 1.00. The highest BCUT2D eigenvalue weighted by Gasteiger charge is 2.51. The maximum Gasteiger partial charge on any atom is 0.0672 e. The molecular weight excluding hydrogens is 250 g/mol. The predicted molar refractivity (Wildman–Crippen MR) is 80.8 cm³/mol. The van der Waals surface area contributed by atoms with Gasteiger partial charge in [-0.1, -0.05) is 6.92 Å². The molecule has 0 aromatic rings. The van der Waals surface area contributed by atoms with Crippen molar-refractivity contribution in [1.82, 2.24) is 5.32 Å². The lowest BCUT2D eigenvalue weighted by molar-refractivity contribution is -0.000493. The van der Waals surface area contributed by atoms with E-state index in [1.807, 2.05) is 0 Å². The van der Waals surface area contributed by atoms with E-state index in [9.17, 15) is 0 Å². The van der Waals surface area contributed by atoms with Crippen LogP contribution in [-0.4, -0.2) is 39.0 Å². The number of hydrogen-bond donors (Lipinski definition) is 1. The summed E-state index contributed by atoms with van der Waals surface area (Å²) < 4.78 is 11.7. The number of nitrogens with one attached hydrogen (secondary N) is 1. The van der Waals surface area contributed by atoms with Gasteiger partial charge in [-0.15, -0.1) is 0 Å². The van der Waals surface area contributed by atoms with Crippen molar-refractivity contribution in [2.45, 2.75) is 58.0 Å². The topological polar surface area (TPSA) is 30.5 Å². The molecule has 0 radical (unpaired) electrons. The highest BCUT2D eigenvalue weighted by Crippen LogP contribution is 2.51. The van der Waals surface area contributed by atoms with Gasteiger partial charge in [0.2, 0.25) is 0 Å². The number of ether oxygens (including phenoxy) is 2. The lowest BCUT2D eigenvalue weighted by atomic mass is 9.71. The summed E-state index contributed by atoms with van der Waals surface area (Å²) in [4.78, 5) is 0. The second-order valence-electron chi connectivity index (χ2n) is 7.18. The molecule has 3 fully saturated rings. The van der Waals surface area contributed by atoms with E-state index in [4.69, 9.17) is 9.47 Å². The molecule has 2 saturated heterocycles. The molecule has 2 heterocycles. The number of rotatable bonds is 7. The smallest absolute Gasteiger partial charge is 0.0672 e. The molecule has 0 spiro atoms. The molecule has 0 aromatic heterocycles. The summed E-state index contributed by atoms with van der Waals surface area (Å²) in [7, 11) is 0. The molecule has 0 bridgehead atoms. The van der Waals surface area contributed by atoms with E-state index in [-0.39, 0.29) is 0 Å². The summed E-state index contributed by atoms with van der Waals surface area (Å²) in [5.74, 6) is 1.72. The van der Waals surface area contributed by atoms with Crippen LogP contribution >= 0.6 is 0 Å². The molecule has 3 heteroatoms. The molecule has 3 rings (SSSR count). The van der Waals surface area contributed by atoms with Crippen molar-refractivity contribution in [1.29, 1.82) is 0 Å². The van der Waals surface area contributed by atoms with Gasteiger partial charge in [-0.25, -0.2) is 0 Å². The molecule has 2 aliphatic heterocycles. The fourth-order valence-corrected chi connectivity index (χ4v) is 4.26. The van der Waals surface area contributed by atoms with Gasteiger partial charge < -0.3 is 14.8 Å². The quantitative estimate of drug-likeness (QED) is 0.728. The van der Waals surface area contributed by atoms with Crippen LogP contribution in [0.4, 0.5) is 0 Å². The third-order valence-corrected chi connectivity index (χ3v) is 5.49. The molecular formula is C17H31NO2. The van der Waals surface area contributed by atoms with Crippen molar-refractivity contribution in [3.05, 3.63) is 0 Å². The molecule has 0 amide bonds. The molecule has 2 unspecified atom stereocenters. The maximum atomic E-state index is 6.19. The van der Waals surface area contributed by atoms with Crippen molar-refractivity contribution in [3.63, 3.8) is 0 Å². The van der Waals surface area contributed by atoms with Crippen molar-refractivity contribution < 1.29 is 9.47 Å². The third-order valence-electron chi connectivity index (χ3n) is 5.49. The van der Waals surface area contributed by atoms with Gasteiger partial charge in [0.1, 0.15) is 0 Å². The van der Waals surface area contributed by atoms with Crippen LogP contribution in [0.15, 0.2) is 0 Å². The summed E-state index contributed by atoms with van der Waals surface area (Å²) in [6.45, 7) is 7.49. The second kappa shape index (κ2) is 6.76. The van der Waals surface area contributed by atoms with Gasteiger partial charge in [0.15, 0.2) is 0 Å². The molecule has 3 nitrogen and oxygen atoms in total. The molecule has 20 heavy (non-hydrogen) atoms. The third kappa shape index (κ3) is 3.37. The average molecular weight is 281 g/mol. The van der Waals surface area contributed by atoms with E-state index in [2.05, 4.69) is 12.2 Å². The highest BCUT2D eigenvalue weighted by molar-refractivity contribution is 5.01. The van der Waals surface area contributed by atoms with Gasteiger partial charge in [0.05, 0.1) is 6.10 Å². The van der Waals surface area contributed by atoms with Gasteiger partial charge >= 0.3 is 0 Å². The maximum absolute atomic E-state index is 6.19. The lowest BCUT2D eigenvalue weighted by Gasteiger charge is -2.38. The zero-order valence-corrected chi connectivity index (χ0v) is 13.0. The average Bonchev–Trinajstić information content (AvgIpc) is 3.23. The summed E-state index contributed by atoms with van der Waals surface area (Å²) in [5.41, 5.74) is 0.415. The Morgan fingerprint density at radius 1 is 1.10 bits per heavy atom. The van der Waals surface area contributed by atoms with Crippen molar-refractivity contribution in [3.8, 4) is 0 Å². The van der Waals surface area contributed by atoms with E-state index < -0.39 is 0 Å². The minimum Gasteiger partial charge on any atom is -0.381 e. The van der Waals surface area contributed by atoms with Crippen molar-refractivity contribution in [2.24, 2.45) is 17.3 Å². The van der Waals surface area contributed by atoms with E-state index in [1.54, 1.807) is 0 Å². The van der Waals surface area contributed by atoms with Crippen molar-refractivity contribution in [2.75, 3.05) is 32.9 Å². The standard InChI is InChI=1S/C17H31NO2/c1-2-8-18-13-17(12-14-5-9-19-10-6-14)7-11-20-16(17)15-3-4-15/h14-16,18H,2-13H2,1H3. The van der Waals surface area contributed by atoms with Crippen LogP contribution in [0.25, 0.3) is 0 Å². The Labute approximate surface area is 123 Å². The molecule has 1 saturated carbocycles. The number of hydrogen-bond acceptors (Lipinski definition) is 3. The summed E-state index contributed by atoms with van der Waals surface area (Å²) in [6, 6.07) is 0. The highest BCUT2D eigenvalue weighted by atomic mass is 16.5. The zero-order valence-electron chi connectivity index (χ0n) is 13.0. The lowest BCUT2D eigenvalue weighted by Crippen LogP contribution is -2.44. The van der Waals surface area contributed by atoms with E-state index in [1.165, 1.54) is 51.5 Å². The molecule has 2 atom stereocenters. The largest absolute Gasteiger partial charge is 0.381 e. The van der Waals surface area contributed by atoms with E-state index in [0.717, 1.165) is 38.2 Å². The predicted octanol–water partition coefficient (Wildman–Crippen LogP) is 2.99. The summed E-state index contributed by atoms with van der Waals surface area (Å²) >= 11 is 0. The van der Waals surface area contributed by atoms with Gasteiger partial charge in [0, 0.05) is 31.8 Å². The monoisotopic (exact) mass is 281 g/mol. The molecule has 1 N–H and O–H groups in total. The van der Waals surface area contributed by atoms with Gasteiger partial charge in [-0.2, -0.15) is 0 Å².